The van der Waals surface area contributed by atoms with Gasteiger partial charge in [-0.05, 0) is 55.0 Å². The largest absolute Gasteiger partial charge is 0.508 e. The van der Waals surface area contributed by atoms with Gasteiger partial charge in [-0.15, -0.1) is 0 Å². The highest BCUT2D eigenvalue weighted by Crippen LogP contribution is 2.44. The van der Waals surface area contributed by atoms with Crippen LogP contribution in [0.15, 0.2) is 41.6 Å². The van der Waals surface area contributed by atoms with Crippen molar-refractivity contribution in [2.45, 2.75) is 50.8 Å². The number of phenolic OH excluding ortho intramolecular Hbond substituents is 1. The number of hydrogen-bond acceptors (Lipinski definition) is 5. The minimum absolute atomic E-state index is 0.0356. The molecular weight excluding hydrogens is 418 g/mol. The van der Waals surface area contributed by atoms with Crippen molar-refractivity contribution in [2.24, 2.45) is 5.41 Å². The average molecular weight is 443 g/mol. The molecule has 1 aromatic carbocycles. The molecule has 5 nitrogen and oxygen atoms in total. The molecule has 2 atom stereocenters. The van der Waals surface area contributed by atoms with Crippen molar-refractivity contribution in [1.29, 1.82) is 0 Å². The molecule has 31 heavy (non-hydrogen) atoms. The Morgan fingerprint density at radius 3 is 2.58 bits per heavy atom. The van der Waals surface area contributed by atoms with E-state index >= 15 is 0 Å². The van der Waals surface area contributed by atoms with Gasteiger partial charge in [0.2, 0.25) is 0 Å². The summed E-state index contributed by atoms with van der Waals surface area (Å²) in [4.78, 5) is 11.9. The van der Waals surface area contributed by atoms with Crippen LogP contribution in [-0.4, -0.2) is 41.1 Å². The summed E-state index contributed by atoms with van der Waals surface area (Å²) in [6.07, 6.45) is -2.39. The van der Waals surface area contributed by atoms with Crippen molar-refractivity contribution < 1.29 is 37.3 Å². The van der Waals surface area contributed by atoms with Crippen LogP contribution in [0.25, 0.3) is 0 Å². The summed E-state index contributed by atoms with van der Waals surface area (Å²) in [7, 11) is 0. The van der Waals surface area contributed by atoms with Crippen LogP contribution >= 0.6 is 0 Å². The van der Waals surface area contributed by atoms with E-state index in [9.17, 15) is 32.6 Å². The molecule has 0 aromatic heterocycles. The van der Waals surface area contributed by atoms with Gasteiger partial charge in [0.05, 0.1) is 12.0 Å². The maximum Gasteiger partial charge on any atom is 0.418 e. The van der Waals surface area contributed by atoms with Gasteiger partial charge < -0.3 is 20.3 Å². The van der Waals surface area contributed by atoms with Gasteiger partial charge in [0, 0.05) is 11.3 Å². The second kappa shape index (κ2) is 7.55. The number of rotatable bonds is 6. The van der Waals surface area contributed by atoms with Crippen molar-refractivity contribution in [3.8, 4) is 5.75 Å². The number of esters is 1. The maximum atomic E-state index is 13.9. The van der Waals surface area contributed by atoms with Gasteiger partial charge in [-0.2, -0.15) is 13.2 Å². The third kappa shape index (κ3) is 4.28. The zero-order valence-corrected chi connectivity index (χ0v) is 17.4. The summed E-state index contributed by atoms with van der Waals surface area (Å²) in [6.45, 7) is 3.71. The number of aliphatic hydroxyl groups is 1. The van der Waals surface area contributed by atoms with Gasteiger partial charge in [-0.25, -0.2) is 4.39 Å². The Labute approximate surface area is 177 Å². The summed E-state index contributed by atoms with van der Waals surface area (Å²) < 4.78 is 60.3. The van der Waals surface area contributed by atoms with Crippen molar-refractivity contribution in [3.63, 3.8) is 0 Å². The number of benzene rings is 1. The zero-order chi connectivity index (χ0) is 23.2. The van der Waals surface area contributed by atoms with Crippen molar-refractivity contribution in [1.82, 2.24) is 5.32 Å². The number of cyclic esters (lactones) is 1. The molecule has 170 valence electrons. The van der Waals surface area contributed by atoms with E-state index in [-0.39, 0.29) is 30.3 Å². The monoisotopic (exact) mass is 443 g/mol. The fourth-order valence-electron chi connectivity index (χ4n) is 4.08. The second-order valence-corrected chi connectivity index (χ2v) is 9.05. The first-order chi connectivity index (χ1) is 14.2. The summed E-state index contributed by atoms with van der Waals surface area (Å²) in [5.41, 5.74) is -4.42. The summed E-state index contributed by atoms with van der Waals surface area (Å²) in [5.74, 6) is -1.43. The van der Waals surface area contributed by atoms with E-state index < -0.39 is 41.4 Å². The normalized spacial score (nSPS) is 23.4. The first kappa shape index (κ1) is 23.1. The maximum absolute atomic E-state index is 13.9. The highest BCUT2D eigenvalue weighted by atomic mass is 19.4. The average Bonchev–Trinajstić information content (AvgIpc) is 2.95. The lowest BCUT2D eigenvalue weighted by molar-refractivity contribution is -0.264. The minimum Gasteiger partial charge on any atom is -0.508 e. The molecular formula is C22H25F4NO4. The van der Waals surface area contributed by atoms with E-state index in [4.69, 9.17) is 4.74 Å². The van der Waals surface area contributed by atoms with E-state index in [1.807, 2.05) is 0 Å². The molecule has 2 aliphatic rings. The summed E-state index contributed by atoms with van der Waals surface area (Å²) in [5, 5.41) is 23.3. The number of fused-ring (bicyclic) bond motifs is 1. The van der Waals surface area contributed by atoms with E-state index in [0.29, 0.717) is 11.3 Å². The smallest absolute Gasteiger partial charge is 0.418 e. The molecule has 1 fully saturated rings. The van der Waals surface area contributed by atoms with Crippen LogP contribution in [-0.2, 0) is 14.9 Å². The van der Waals surface area contributed by atoms with Crippen LogP contribution in [0.5, 0.6) is 5.75 Å². The Morgan fingerprint density at radius 2 is 1.94 bits per heavy atom. The quantitative estimate of drug-likeness (QED) is 0.460. The molecule has 3 N–H and O–H groups in total. The highest BCUT2D eigenvalue weighted by Gasteiger charge is 2.56. The third-order valence-corrected chi connectivity index (χ3v) is 6.11. The Bertz CT molecular complexity index is 953. The van der Waals surface area contributed by atoms with E-state index in [0.717, 1.165) is 18.2 Å². The predicted octanol–water partition coefficient (Wildman–Crippen LogP) is 3.86. The van der Waals surface area contributed by atoms with Crippen LogP contribution < -0.4 is 5.32 Å². The van der Waals surface area contributed by atoms with Crippen LogP contribution in [0, 0.1) is 11.2 Å². The highest BCUT2D eigenvalue weighted by molar-refractivity contribution is 5.84. The molecule has 9 heteroatoms. The number of halogens is 4. The number of carbonyl (C=O) groups excluding carboxylic acids is 1. The third-order valence-electron chi connectivity index (χ3n) is 6.11. The Morgan fingerprint density at radius 1 is 1.26 bits per heavy atom. The number of ether oxygens (including phenoxy) is 1. The molecule has 3 rings (SSSR count). The molecule has 1 saturated heterocycles. The van der Waals surface area contributed by atoms with Gasteiger partial charge in [-0.3, -0.25) is 4.79 Å². The number of allylic oxidation sites excluding steroid dienone is 2. The lowest BCUT2D eigenvalue weighted by atomic mass is 9.74. The van der Waals surface area contributed by atoms with Gasteiger partial charge in [0.25, 0.3) is 0 Å². The molecule has 0 bridgehead atoms. The number of aromatic hydroxyl groups is 1. The lowest BCUT2D eigenvalue weighted by Crippen LogP contribution is -2.55. The van der Waals surface area contributed by atoms with Crippen molar-refractivity contribution >= 4 is 5.97 Å². The van der Waals surface area contributed by atoms with Crippen LogP contribution in [0.2, 0.25) is 0 Å². The summed E-state index contributed by atoms with van der Waals surface area (Å²) in [6, 6.07) is 3.03. The van der Waals surface area contributed by atoms with E-state index in [2.05, 4.69) is 5.32 Å². The first-order valence-corrected chi connectivity index (χ1v) is 9.78. The topological polar surface area (TPSA) is 78.8 Å². The molecule has 0 amide bonds. The molecule has 1 heterocycles. The van der Waals surface area contributed by atoms with E-state index in [1.54, 1.807) is 19.1 Å². The number of hydrogen-bond donors (Lipinski definition) is 3. The van der Waals surface area contributed by atoms with Gasteiger partial charge in [0.15, 0.2) is 5.60 Å². The van der Waals surface area contributed by atoms with Crippen LogP contribution in [0.4, 0.5) is 17.6 Å². The Hall–Kier alpha value is -2.55. The summed E-state index contributed by atoms with van der Waals surface area (Å²) >= 11 is 0. The number of nitrogens with one attached hydrogen (secondary N) is 1. The van der Waals surface area contributed by atoms with Gasteiger partial charge in [0.1, 0.15) is 18.2 Å². The van der Waals surface area contributed by atoms with Crippen LogP contribution in [0.1, 0.15) is 39.2 Å². The number of phenols is 1. The molecule has 0 spiro atoms. The standard InChI is InChI=1S/C22H25F4NO4/c1-19(2,16-9-14(23)4-5-17(16)28)11-21(30,22(24,25)26)12-27-15-6-7-20(3)13(8-15)10-31-18(20)29/h4-6,8-9,27-28,30H,7,10-12H2,1-3H3. The van der Waals surface area contributed by atoms with E-state index in [1.165, 1.54) is 13.8 Å². The van der Waals surface area contributed by atoms with Gasteiger partial charge in [-0.1, -0.05) is 19.9 Å². The SMILES string of the molecule is CC12CC=C(NCC(O)(CC(C)(C)c3cc(F)ccc3O)C(F)(F)F)C=C1COC2=O. The minimum atomic E-state index is -5.00. The molecule has 1 aliphatic carbocycles. The molecule has 0 saturated carbocycles. The Kier molecular flexibility index (Phi) is 5.63. The fraction of sp³-hybridized carbons (Fsp3) is 0.500. The number of carbonyl (C=O) groups is 1. The molecule has 0 radical (unpaired) electrons. The van der Waals surface area contributed by atoms with Crippen molar-refractivity contribution in [3.05, 3.63) is 53.0 Å². The first-order valence-electron chi connectivity index (χ1n) is 9.78. The molecule has 2 unspecified atom stereocenters. The van der Waals surface area contributed by atoms with Gasteiger partial charge >= 0.3 is 12.1 Å². The number of alkyl halides is 3. The Balaban J connectivity index is 1.81. The predicted molar refractivity (Wildman–Crippen MR) is 105 cm³/mol. The lowest BCUT2D eigenvalue weighted by Gasteiger charge is -2.38. The molecule has 1 aromatic rings. The second-order valence-electron chi connectivity index (χ2n) is 9.05. The molecule has 1 aliphatic heterocycles. The fourth-order valence-corrected chi connectivity index (χ4v) is 4.08. The zero-order valence-electron chi connectivity index (χ0n) is 17.4. The van der Waals surface area contributed by atoms with Crippen molar-refractivity contribution in [2.75, 3.05) is 13.2 Å². The van der Waals surface area contributed by atoms with Crippen LogP contribution in [0.3, 0.4) is 0 Å².